The lowest BCUT2D eigenvalue weighted by Gasteiger charge is -2.16. The molecular formula is C5H8N4O. The van der Waals surface area contributed by atoms with Crippen molar-refractivity contribution in [2.45, 2.75) is 0 Å². The van der Waals surface area contributed by atoms with Gasteiger partial charge in [-0.1, -0.05) is 5.16 Å². The van der Waals surface area contributed by atoms with E-state index in [1.54, 1.807) is 18.5 Å². The number of hydrogen-bond donors (Lipinski definition) is 2. The van der Waals surface area contributed by atoms with Crippen LogP contribution in [0.2, 0.25) is 0 Å². The average molecular weight is 140 g/mol. The van der Waals surface area contributed by atoms with E-state index in [0.29, 0.717) is 6.67 Å². The normalized spacial score (nSPS) is 18.0. The second-order valence-corrected chi connectivity index (χ2v) is 1.74. The summed E-state index contributed by atoms with van der Waals surface area (Å²) in [5.74, 6) is 0.0492. The first-order valence-electron chi connectivity index (χ1n) is 2.75. The molecular weight excluding hydrogens is 132 g/mol. The monoisotopic (exact) mass is 140 g/mol. The largest absolute Gasteiger partial charge is 0.408 e. The van der Waals surface area contributed by atoms with E-state index in [2.05, 4.69) is 10.1 Å². The van der Waals surface area contributed by atoms with Crippen molar-refractivity contribution in [3.63, 3.8) is 0 Å². The van der Waals surface area contributed by atoms with Crippen molar-refractivity contribution in [3.05, 3.63) is 12.3 Å². The molecule has 0 radical (unpaired) electrons. The molecule has 0 atom stereocenters. The molecule has 0 aromatic carbocycles. The summed E-state index contributed by atoms with van der Waals surface area (Å²) in [5, 5.41) is 11.0. The molecule has 0 spiro atoms. The second kappa shape index (κ2) is 2.86. The molecule has 0 aliphatic carbocycles. The number of allylic oxidation sites excluding steroid dienone is 1. The van der Waals surface area contributed by atoms with E-state index in [1.807, 2.05) is 0 Å². The Labute approximate surface area is 58.1 Å². The molecule has 0 bridgehead atoms. The van der Waals surface area contributed by atoms with E-state index < -0.39 is 0 Å². The van der Waals surface area contributed by atoms with Gasteiger partial charge in [-0.2, -0.15) is 0 Å². The maximum absolute atomic E-state index is 8.22. The van der Waals surface area contributed by atoms with Crippen molar-refractivity contribution in [2.75, 3.05) is 6.67 Å². The van der Waals surface area contributed by atoms with E-state index in [0.717, 1.165) is 0 Å². The Morgan fingerprint density at radius 3 is 3.10 bits per heavy atom. The van der Waals surface area contributed by atoms with Gasteiger partial charge in [0.2, 0.25) is 5.96 Å². The highest BCUT2D eigenvalue weighted by Crippen LogP contribution is 1.93. The van der Waals surface area contributed by atoms with Gasteiger partial charge in [0, 0.05) is 12.4 Å². The van der Waals surface area contributed by atoms with Gasteiger partial charge >= 0.3 is 0 Å². The molecule has 0 amide bonds. The van der Waals surface area contributed by atoms with Gasteiger partial charge in [-0.05, 0) is 6.08 Å². The Hall–Kier alpha value is -1.52. The highest BCUT2D eigenvalue weighted by atomic mass is 16.4. The van der Waals surface area contributed by atoms with Crippen LogP contribution in [0.15, 0.2) is 22.4 Å². The van der Waals surface area contributed by atoms with Crippen molar-refractivity contribution in [1.82, 2.24) is 4.90 Å². The second-order valence-electron chi connectivity index (χ2n) is 1.74. The minimum absolute atomic E-state index is 0.0492. The molecule has 5 heteroatoms. The van der Waals surface area contributed by atoms with E-state index in [9.17, 15) is 0 Å². The van der Waals surface area contributed by atoms with Crippen LogP contribution in [0, 0.1) is 0 Å². The number of hydrogen-bond acceptors (Lipinski definition) is 3. The first-order chi connectivity index (χ1) is 4.84. The third-order valence-electron chi connectivity index (χ3n) is 1.09. The minimum Gasteiger partial charge on any atom is -0.408 e. The molecule has 54 valence electrons. The molecule has 0 saturated carbocycles. The fourth-order valence-corrected chi connectivity index (χ4v) is 0.592. The molecule has 1 rings (SSSR count). The van der Waals surface area contributed by atoms with Crippen LogP contribution < -0.4 is 5.73 Å². The van der Waals surface area contributed by atoms with Crippen LogP contribution in [-0.2, 0) is 0 Å². The van der Waals surface area contributed by atoms with Gasteiger partial charge in [-0.3, -0.25) is 9.89 Å². The maximum atomic E-state index is 8.22. The smallest absolute Gasteiger partial charge is 0.238 e. The highest BCUT2D eigenvalue weighted by molar-refractivity contribution is 5.81. The van der Waals surface area contributed by atoms with Gasteiger partial charge in [-0.25, -0.2) is 0 Å². The summed E-state index contributed by atoms with van der Waals surface area (Å²) in [7, 11) is 0. The molecule has 0 fully saturated rings. The van der Waals surface area contributed by atoms with E-state index in [4.69, 9.17) is 10.9 Å². The molecule has 1 heterocycles. The summed E-state index contributed by atoms with van der Waals surface area (Å²) in [6, 6.07) is 0. The maximum Gasteiger partial charge on any atom is 0.238 e. The van der Waals surface area contributed by atoms with Crippen LogP contribution in [0.25, 0.3) is 0 Å². The fourth-order valence-electron chi connectivity index (χ4n) is 0.592. The Morgan fingerprint density at radius 1 is 1.80 bits per heavy atom. The number of oxime groups is 1. The lowest BCUT2D eigenvalue weighted by molar-refractivity contribution is 0.308. The lowest BCUT2D eigenvalue weighted by atomic mass is 10.5. The molecule has 10 heavy (non-hydrogen) atoms. The van der Waals surface area contributed by atoms with Crippen LogP contribution in [0.3, 0.4) is 0 Å². The number of nitrogens with two attached hydrogens (primary N) is 1. The molecule has 0 aromatic rings. The summed E-state index contributed by atoms with van der Waals surface area (Å²) >= 11 is 0. The van der Waals surface area contributed by atoms with E-state index in [-0.39, 0.29) is 5.96 Å². The predicted molar refractivity (Wildman–Crippen MR) is 37.7 cm³/mol. The molecule has 3 N–H and O–H groups in total. The number of nitrogens with zero attached hydrogens (tertiary/aromatic N) is 3. The summed E-state index contributed by atoms with van der Waals surface area (Å²) in [5.41, 5.74) is 5.25. The van der Waals surface area contributed by atoms with Gasteiger partial charge in [0.25, 0.3) is 0 Å². The number of rotatable bonds is 0. The molecule has 1 aliphatic heterocycles. The SMILES string of the molecule is NC(=NO)N1C=CC=NC1. The van der Waals surface area contributed by atoms with Gasteiger partial charge < -0.3 is 10.9 Å². The first kappa shape index (κ1) is 6.60. The third kappa shape index (κ3) is 1.25. The average Bonchev–Trinajstić information content (AvgIpc) is 2.05. The van der Waals surface area contributed by atoms with Crippen LogP contribution in [0.1, 0.15) is 0 Å². The van der Waals surface area contributed by atoms with Crippen molar-refractivity contribution in [2.24, 2.45) is 15.9 Å². The van der Waals surface area contributed by atoms with Gasteiger partial charge in [0.15, 0.2) is 0 Å². The molecule has 0 unspecified atom stereocenters. The first-order valence-corrected chi connectivity index (χ1v) is 2.75. The topological polar surface area (TPSA) is 74.2 Å². The Morgan fingerprint density at radius 2 is 2.60 bits per heavy atom. The minimum atomic E-state index is 0.0492. The summed E-state index contributed by atoms with van der Waals surface area (Å²) in [6.07, 6.45) is 5.05. The van der Waals surface area contributed by atoms with Crippen molar-refractivity contribution < 1.29 is 5.21 Å². The van der Waals surface area contributed by atoms with Crippen molar-refractivity contribution >= 4 is 12.2 Å². The van der Waals surface area contributed by atoms with Crippen LogP contribution in [-0.4, -0.2) is 29.0 Å². The van der Waals surface area contributed by atoms with Crippen LogP contribution in [0.5, 0.6) is 0 Å². The highest BCUT2D eigenvalue weighted by Gasteiger charge is 2.03. The Kier molecular flexibility index (Phi) is 1.89. The Bertz CT molecular complexity index is 196. The lowest BCUT2D eigenvalue weighted by Crippen LogP contribution is -2.34. The van der Waals surface area contributed by atoms with Gasteiger partial charge in [0.1, 0.15) is 6.67 Å². The van der Waals surface area contributed by atoms with Gasteiger partial charge in [-0.15, -0.1) is 0 Å². The summed E-state index contributed by atoms with van der Waals surface area (Å²) < 4.78 is 0. The third-order valence-corrected chi connectivity index (χ3v) is 1.09. The number of guanidine groups is 1. The molecule has 1 aliphatic rings. The van der Waals surface area contributed by atoms with Crippen LogP contribution >= 0.6 is 0 Å². The molecule has 0 saturated heterocycles. The molecule has 0 aromatic heterocycles. The van der Waals surface area contributed by atoms with E-state index >= 15 is 0 Å². The molecule has 5 nitrogen and oxygen atoms in total. The Balaban J connectivity index is 2.59. The van der Waals surface area contributed by atoms with Crippen molar-refractivity contribution in [3.8, 4) is 0 Å². The van der Waals surface area contributed by atoms with Crippen molar-refractivity contribution in [1.29, 1.82) is 0 Å². The number of aliphatic imine (C=N–C) groups is 1. The summed E-state index contributed by atoms with van der Waals surface area (Å²) in [4.78, 5) is 5.38. The zero-order chi connectivity index (χ0) is 7.40. The van der Waals surface area contributed by atoms with Gasteiger partial charge in [0.05, 0.1) is 0 Å². The zero-order valence-electron chi connectivity index (χ0n) is 5.31. The van der Waals surface area contributed by atoms with E-state index in [1.165, 1.54) is 4.90 Å². The fraction of sp³-hybridized carbons (Fsp3) is 0.200. The quantitative estimate of drug-likeness (QED) is 0.207. The zero-order valence-corrected chi connectivity index (χ0v) is 5.31. The standard InChI is InChI=1S/C5H8N4O/c6-5(8-10)9-3-1-2-7-4-9/h1-3,10H,4H2,(H2,6,8). The van der Waals surface area contributed by atoms with Crippen LogP contribution in [0.4, 0.5) is 0 Å². The predicted octanol–water partition coefficient (Wildman–Crippen LogP) is -0.452. The summed E-state index contributed by atoms with van der Waals surface area (Å²) in [6.45, 7) is 0.409.